The number of aliphatic hydroxyl groups excluding tert-OH is 2. The Bertz CT molecular complexity index is 2530. The van der Waals surface area contributed by atoms with Gasteiger partial charge in [0.15, 0.2) is 5.75 Å². The van der Waals surface area contributed by atoms with E-state index in [2.05, 4.69) is 10.2 Å². The number of ether oxygens (including phenoxy) is 4. The Hall–Kier alpha value is -6.14. The lowest BCUT2D eigenvalue weighted by Gasteiger charge is -2.43. The molecule has 7 rings (SSSR count). The highest BCUT2D eigenvalue weighted by Gasteiger charge is 2.50. The molecule has 1 saturated heterocycles. The maximum absolute atomic E-state index is 14.6. The average Bonchev–Trinajstić information content (AvgIpc) is 3.55. The minimum Gasteiger partial charge on any atom is -0.508 e. The van der Waals surface area contributed by atoms with Crippen LogP contribution in [0.5, 0.6) is 28.7 Å². The number of ketones is 1. The summed E-state index contributed by atoms with van der Waals surface area (Å²) in [5.41, 5.74) is 0.274. The summed E-state index contributed by atoms with van der Waals surface area (Å²) in [6, 6.07) is 6.75. The van der Waals surface area contributed by atoms with Crippen LogP contribution in [0.1, 0.15) is 89.4 Å². The number of para-hydroxylation sites is 1. The zero-order valence-corrected chi connectivity index (χ0v) is 40.6. The molecule has 3 aromatic rings. The number of rotatable bonds is 6. The number of hydrazone groups is 1. The van der Waals surface area contributed by atoms with Crippen molar-refractivity contribution in [1.29, 1.82) is 0 Å². The van der Waals surface area contributed by atoms with E-state index in [1.165, 1.54) is 59.4 Å². The number of nitrogens with one attached hydrogen (secondary N) is 1. The Labute approximate surface area is 396 Å². The van der Waals surface area contributed by atoms with Gasteiger partial charge in [0.05, 0.1) is 65.1 Å². The van der Waals surface area contributed by atoms with Crippen molar-refractivity contribution < 1.29 is 64.0 Å². The monoisotopic (exact) mass is 942 g/mol. The number of piperazine rings is 1. The van der Waals surface area contributed by atoms with Gasteiger partial charge in [-0.25, -0.2) is 0 Å². The molecule has 1 fully saturated rings. The number of allylic oxidation sites excluding steroid dienone is 2. The highest BCUT2D eigenvalue weighted by molar-refractivity contribution is 6.23. The van der Waals surface area contributed by atoms with E-state index in [0.29, 0.717) is 19.6 Å². The molecule has 0 radical (unpaired) electrons. The van der Waals surface area contributed by atoms with E-state index < -0.39 is 88.8 Å². The average molecular weight is 943 g/mol. The molecule has 5 bridgehead atoms. The lowest BCUT2D eigenvalue weighted by atomic mass is 9.78. The molecule has 17 nitrogen and oxygen atoms in total. The summed E-state index contributed by atoms with van der Waals surface area (Å²) >= 11 is 0. The molecule has 7 N–H and O–H groups in total. The highest BCUT2D eigenvalue weighted by Crippen LogP contribution is 2.55. The summed E-state index contributed by atoms with van der Waals surface area (Å²) < 4.78 is 23.8. The van der Waals surface area contributed by atoms with E-state index in [1.807, 2.05) is 31.0 Å². The number of Topliss-reactive ketones (excluding diaryl/α,β-unsaturated/α-hetero) is 1. The minimum absolute atomic E-state index is 0.0346. The van der Waals surface area contributed by atoms with Gasteiger partial charge in [-0.1, -0.05) is 64.1 Å². The number of phenolic OH excluding ortho intramolecular Hbond substituents is 4. The zero-order chi connectivity index (χ0) is 50.1. The number of esters is 1. The fourth-order valence-electron chi connectivity index (χ4n) is 9.66. The van der Waals surface area contributed by atoms with Crippen LogP contribution in [0.4, 0.5) is 5.69 Å². The molecule has 4 aliphatic heterocycles. The van der Waals surface area contributed by atoms with Gasteiger partial charge in [-0.05, 0) is 39.8 Å². The number of aromatic hydroxyl groups is 4. The van der Waals surface area contributed by atoms with Gasteiger partial charge in [-0.2, -0.15) is 5.10 Å². The predicted molar refractivity (Wildman–Crippen MR) is 256 cm³/mol. The van der Waals surface area contributed by atoms with Gasteiger partial charge in [0, 0.05) is 86.3 Å². The molecule has 0 aromatic heterocycles. The van der Waals surface area contributed by atoms with Crippen molar-refractivity contribution in [1.82, 2.24) is 9.91 Å². The van der Waals surface area contributed by atoms with Crippen LogP contribution >= 0.6 is 0 Å². The third kappa shape index (κ3) is 10.0. The molecule has 68 heavy (non-hydrogen) atoms. The van der Waals surface area contributed by atoms with E-state index in [4.69, 9.17) is 24.0 Å². The fraction of sp³-hybridized carbons (Fsp3) is 0.490. The van der Waals surface area contributed by atoms with Gasteiger partial charge in [0.1, 0.15) is 29.1 Å². The van der Waals surface area contributed by atoms with E-state index in [0.717, 1.165) is 5.56 Å². The van der Waals surface area contributed by atoms with Crippen LogP contribution in [0.25, 0.3) is 10.8 Å². The number of phenols is 4. The smallest absolute Gasteiger partial charge is 0.312 e. The Morgan fingerprint density at radius 3 is 2.21 bits per heavy atom. The van der Waals surface area contributed by atoms with Crippen LogP contribution in [0, 0.1) is 30.6 Å². The van der Waals surface area contributed by atoms with Crippen LogP contribution in [0.2, 0.25) is 0 Å². The number of methoxy groups -OCH3 is 1. The van der Waals surface area contributed by atoms with Gasteiger partial charge < -0.3 is 54.9 Å². The van der Waals surface area contributed by atoms with Crippen LogP contribution < -0.4 is 10.1 Å². The normalized spacial score (nSPS) is 31.5. The van der Waals surface area contributed by atoms with Gasteiger partial charge in [0.2, 0.25) is 0 Å². The predicted octanol–water partition coefficient (Wildman–Crippen LogP) is 6.39. The van der Waals surface area contributed by atoms with Gasteiger partial charge in [0.25, 0.3) is 11.7 Å². The van der Waals surface area contributed by atoms with E-state index in [9.17, 15) is 45.0 Å². The first-order valence-corrected chi connectivity index (χ1v) is 22.9. The lowest BCUT2D eigenvalue weighted by molar-refractivity contribution is -0.160. The molecule has 4 aliphatic rings. The topological polar surface area (TPSA) is 240 Å². The molecule has 368 valence electrons. The SMILES string of the molecule is COC1/C=C/OC2(C)Oc3c(C)c(O)c4c(O)c(c(C=NN5C(C)CN(Cc6ccccc6O)CC5C)c(O)c4c3C2=O)NC(=O)/C(C)=C\C=C\C(C)C(O)C(C)C(O)C(C)C(OC(C)=O)C1C. The Kier molecular flexibility index (Phi) is 15.5. The van der Waals surface area contributed by atoms with E-state index in [1.54, 1.807) is 52.0 Å². The number of carbonyl (C=O) groups is 3. The van der Waals surface area contributed by atoms with Gasteiger partial charge in [-0.15, -0.1) is 0 Å². The summed E-state index contributed by atoms with van der Waals surface area (Å²) in [4.78, 5) is 43.2. The largest absolute Gasteiger partial charge is 0.508 e. The molecule has 4 heterocycles. The third-order valence-electron chi connectivity index (χ3n) is 13.7. The summed E-state index contributed by atoms with van der Waals surface area (Å²) in [5, 5.41) is 78.4. The number of carbonyl (C=O) groups excluding carboxylic acids is 3. The number of hydrogen-bond acceptors (Lipinski definition) is 16. The number of anilines is 1. The minimum atomic E-state index is -2.08. The highest BCUT2D eigenvalue weighted by atomic mass is 16.7. The van der Waals surface area contributed by atoms with Crippen LogP contribution in [-0.2, 0) is 30.3 Å². The summed E-state index contributed by atoms with van der Waals surface area (Å²) in [7, 11) is 1.43. The lowest BCUT2D eigenvalue weighted by Crippen LogP contribution is -2.54. The molecule has 11 unspecified atom stereocenters. The van der Waals surface area contributed by atoms with Gasteiger partial charge >= 0.3 is 11.8 Å². The molecular weight excluding hydrogens is 877 g/mol. The fourth-order valence-corrected chi connectivity index (χ4v) is 9.66. The number of fused-ring (bicyclic) bond motifs is 14. The number of amides is 1. The van der Waals surface area contributed by atoms with E-state index in [-0.39, 0.29) is 62.3 Å². The van der Waals surface area contributed by atoms with Crippen molar-refractivity contribution in [3.63, 3.8) is 0 Å². The second-order valence-corrected chi connectivity index (χ2v) is 18.8. The van der Waals surface area contributed by atoms with Crippen molar-refractivity contribution >= 4 is 40.3 Å². The first-order valence-electron chi connectivity index (χ1n) is 22.9. The second kappa shape index (κ2) is 20.6. The zero-order valence-electron chi connectivity index (χ0n) is 40.6. The Morgan fingerprint density at radius 1 is 0.912 bits per heavy atom. The summed E-state index contributed by atoms with van der Waals surface area (Å²) in [6.07, 6.45) is 4.75. The van der Waals surface area contributed by atoms with Crippen molar-refractivity contribution in [3.8, 4) is 28.7 Å². The summed E-state index contributed by atoms with van der Waals surface area (Å²) in [5.74, 6) is -8.45. The van der Waals surface area contributed by atoms with E-state index >= 15 is 0 Å². The number of aliphatic hydroxyl groups is 2. The molecule has 0 spiro atoms. The molecule has 3 aromatic carbocycles. The number of nitrogens with zero attached hydrogens (tertiary/aromatic N) is 3. The standard InChI is InChI=1S/C51H66N4O13/c1-25-15-14-16-26(2)50(64)53-41-35(21-52-55-27(3)22-54(23-28(55)4)24-34-17-12-13-18-36(34)57)45(61)38-39(46(41)62)44(60)32(8)48-40(38)49(63)51(10,68-48)66-20-19-37(65-11)29(5)47(67-33(9)56)31(7)43(59)30(6)42(25)58/h12-21,25,27-31,37,42-43,47,57-62H,22-24H2,1-11H3,(H,53,64)/b15-14+,20-19+,26-16-,52-21?. The molecule has 0 aliphatic carbocycles. The molecule has 11 atom stereocenters. The molecule has 17 heteroatoms. The summed E-state index contributed by atoms with van der Waals surface area (Å²) in [6.45, 7) is 18.0. The molecular formula is C51H66N4O13. The molecule has 0 saturated carbocycles. The van der Waals surface area contributed by atoms with Crippen molar-refractivity contribution in [2.24, 2.45) is 28.8 Å². The number of hydrogen-bond donors (Lipinski definition) is 7. The van der Waals surface area contributed by atoms with Gasteiger partial charge in [-0.3, -0.25) is 24.3 Å². The second-order valence-electron chi connectivity index (χ2n) is 18.8. The van der Waals surface area contributed by atoms with Crippen molar-refractivity contribution in [3.05, 3.63) is 82.7 Å². The number of benzene rings is 3. The first-order chi connectivity index (χ1) is 32.0. The van der Waals surface area contributed by atoms with Crippen molar-refractivity contribution in [2.45, 2.75) is 118 Å². The van der Waals surface area contributed by atoms with Crippen LogP contribution in [0.3, 0.4) is 0 Å². The third-order valence-corrected chi connectivity index (χ3v) is 13.7. The Morgan fingerprint density at radius 2 is 1.57 bits per heavy atom. The maximum atomic E-state index is 14.6. The van der Waals surface area contributed by atoms with Crippen molar-refractivity contribution in [2.75, 3.05) is 25.5 Å². The van der Waals surface area contributed by atoms with Crippen LogP contribution in [-0.4, -0.2) is 127 Å². The maximum Gasteiger partial charge on any atom is 0.312 e. The molecule has 1 amide bonds. The van der Waals surface area contributed by atoms with Crippen LogP contribution in [0.15, 0.2) is 65.5 Å². The Balaban J connectivity index is 1.48. The first kappa shape index (κ1) is 51.3. The quantitative estimate of drug-likeness (QED) is 0.0614.